The van der Waals surface area contributed by atoms with E-state index >= 15 is 0 Å². The largest absolute Gasteiger partial charge is 0.480 e. The Kier molecular flexibility index (Phi) is 7.90. The number of anilines is 2. The van der Waals surface area contributed by atoms with Crippen molar-refractivity contribution < 1.29 is 26.7 Å². The summed E-state index contributed by atoms with van der Waals surface area (Å²) >= 11 is 0. The van der Waals surface area contributed by atoms with E-state index < -0.39 is 32.1 Å². The normalized spacial score (nSPS) is 12.8. The molecule has 5 aromatic rings. The highest BCUT2D eigenvalue weighted by Gasteiger charge is 2.29. The fourth-order valence-electron chi connectivity index (χ4n) is 5.10. The lowest BCUT2D eigenvalue weighted by Gasteiger charge is -2.18. The van der Waals surface area contributed by atoms with Crippen molar-refractivity contribution in [1.29, 1.82) is 0 Å². The van der Waals surface area contributed by atoms with Crippen LogP contribution in [0.2, 0.25) is 0 Å². The molecule has 11 nitrogen and oxygen atoms in total. The van der Waals surface area contributed by atoms with Crippen molar-refractivity contribution >= 4 is 58.9 Å². The molecule has 4 aromatic carbocycles. The Balaban J connectivity index is 1.45. The molecule has 0 fully saturated rings. The van der Waals surface area contributed by atoms with E-state index in [0.29, 0.717) is 16.2 Å². The summed E-state index contributed by atoms with van der Waals surface area (Å²) in [5.41, 5.74) is 1.74. The maximum Gasteiger partial charge on any atom is 0.322 e. The third kappa shape index (κ3) is 5.66. The van der Waals surface area contributed by atoms with E-state index in [9.17, 15) is 26.7 Å². The third-order valence-corrected chi connectivity index (χ3v) is 10.3. The Bertz CT molecular complexity index is 2070. The fourth-order valence-corrected chi connectivity index (χ4v) is 7.88. The van der Waals surface area contributed by atoms with Gasteiger partial charge in [0.2, 0.25) is 10.0 Å². The van der Waals surface area contributed by atoms with Crippen LogP contribution in [0, 0.1) is 0 Å². The number of aliphatic carboxylic acids is 1. The minimum absolute atomic E-state index is 0.0567. The molecular weight excluding hydrogens is 590 g/mol. The molecular formula is C30H31N5O6S2. The monoisotopic (exact) mass is 621 g/mol. The Hall–Kier alpha value is -4.46. The molecule has 224 valence electrons. The van der Waals surface area contributed by atoms with Gasteiger partial charge in [0.1, 0.15) is 12.4 Å². The number of fused-ring (bicyclic) bond motifs is 2. The van der Waals surface area contributed by atoms with Crippen LogP contribution in [0.5, 0.6) is 0 Å². The molecule has 0 aliphatic rings. The second kappa shape index (κ2) is 11.3. The number of benzene rings is 4. The van der Waals surface area contributed by atoms with Crippen LogP contribution in [-0.2, 0) is 31.3 Å². The smallest absolute Gasteiger partial charge is 0.322 e. The van der Waals surface area contributed by atoms with E-state index in [1.165, 1.54) is 18.3 Å². The van der Waals surface area contributed by atoms with E-state index in [0.717, 1.165) is 27.1 Å². The lowest BCUT2D eigenvalue weighted by atomic mass is 10.1. The van der Waals surface area contributed by atoms with Gasteiger partial charge in [-0.15, -0.1) is 0 Å². The summed E-state index contributed by atoms with van der Waals surface area (Å²) in [5.74, 6) is -1.43. The van der Waals surface area contributed by atoms with Crippen molar-refractivity contribution in [3.8, 4) is 0 Å². The maximum atomic E-state index is 13.7. The van der Waals surface area contributed by atoms with Gasteiger partial charge >= 0.3 is 5.97 Å². The minimum atomic E-state index is -4.30. The molecule has 0 amide bonds. The van der Waals surface area contributed by atoms with Crippen molar-refractivity contribution in [1.82, 2.24) is 13.7 Å². The van der Waals surface area contributed by atoms with Crippen molar-refractivity contribution in [2.45, 2.75) is 22.3 Å². The number of nitrogens with one attached hydrogen (secondary N) is 1. The van der Waals surface area contributed by atoms with Gasteiger partial charge in [-0.2, -0.15) is 4.72 Å². The van der Waals surface area contributed by atoms with Crippen LogP contribution in [0.15, 0.2) is 95.1 Å². The SMILES string of the molecule is CN(C)c1cccc2c(S(=O)(=O)N[C@@H](Cc3cn(S(=O)(=O)c4cccc5c(N(C)C)cccc45)cn3)C(=O)O)cccc12. The maximum absolute atomic E-state index is 13.7. The third-order valence-electron chi connectivity index (χ3n) is 7.15. The fraction of sp³-hybridized carbons (Fsp3) is 0.200. The number of hydrogen-bond donors (Lipinski definition) is 2. The molecule has 1 heterocycles. The highest BCUT2D eigenvalue weighted by molar-refractivity contribution is 7.90. The first-order valence-electron chi connectivity index (χ1n) is 13.2. The molecule has 43 heavy (non-hydrogen) atoms. The molecule has 0 aliphatic carbocycles. The van der Waals surface area contributed by atoms with Crippen molar-refractivity contribution in [2.75, 3.05) is 38.0 Å². The van der Waals surface area contributed by atoms with E-state index in [1.807, 2.05) is 56.2 Å². The number of hydrogen-bond acceptors (Lipinski definition) is 8. The first-order chi connectivity index (χ1) is 20.3. The Morgan fingerprint density at radius 2 is 1.28 bits per heavy atom. The predicted molar refractivity (Wildman–Crippen MR) is 167 cm³/mol. The number of nitrogens with zero attached hydrogens (tertiary/aromatic N) is 4. The molecule has 0 radical (unpaired) electrons. The zero-order chi connectivity index (χ0) is 31.1. The number of carbonyl (C=O) groups is 1. The van der Waals surface area contributed by atoms with Gasteiger partial charge in [0.05, 0.1) is 15.5 Å². The number of aromatic nitrogens is 2. The Morgan fingerprint density at radius 3 is 1.81 bits per heavy atom. The van der Waals surface area contributed by atoms with E-state index in [-0.39, 0.29) is 21.9 Å². The van der Waals surface area contributed by atoms with Gasteiger partial charge in [0.25, 0.3) is 10.0 Å². The van der Waals surface area contributed by atoms with Gasteiger partial charge in [-0.1, -0.05) is 48.5 Å². The molecule has 0 bridgehead atoms. The standard InChI is InChI=1S/C30H31N5O6S2/c1-33(2)26-13-5-11-23-21(26)9-7-15-28(23)42(38,39)32-25(30(36)37)17-20-18-35(19-31-20)43(40,41)29-16-8-10-22-24(29)12-6-14-27(22)34(3)4/h5-16,18-19,25,32H,17H2,1-4H3,(H,36,37)/t25-/m0/s1. The van der Waals surface area contributed by atoms with Crippen LogP contribution < -0.4 is 14.5 Å². The number of imidazole rings is 1. The van der Waals surface area contributed by atoms with Crippen LogP contribution in [0.25, 0.3) is 21.5 Å². The van der Waals surface area contributed by atoms with Crippen LogP contribution in [-0.4, -0.2) is 71.1 Å². The van der Waals surface area contributed by atoms with Crippen LogP contribution in [0.3, 0.4) is 0 Å². The average Bonchev–Trinajstić information content (AvgIpc) is 3.44. The van der Waals surface area contributed by atoms with Crippen molar-refractivity contribution in [3.63, 3.8) is 0 Å². The molecule has 1 aromatic heterocycles. The number of carboxylic acid groups (broad SMARTS) is 1. The summed E-state index contributed by atoms with van der Waals surface area (Å²) in [6.45, 7) is 0. The van der Waals surface area contributed by atoms with Crippen LogP contribution in [0.1, 0.15) is 5.69 Å². The first-order valence-corrected chi connectivity index (χ1v) is 16.2. The molecule has 2 N–H and O–H groups in total. The molecule has 1 atom stereocenters. The molecule has 0 saturated heterocycles. The van der Waals surface area contributed by atoms with E-state index in [1.54, 1.807) is 42.5 Å². The number of sulfonamides is 1. The molecule has 0 unspecified atom stereocenters. The van der Waals surface area contributed by atoms with Gasteiger partial charge in [0, 0.05) is 73.7 Å². The zero-order valence-corrected chi connectivity index (χ0v) is 25.6. The molecule has 0 saturated carbocycles. The van der Waals surface area contributed by atoms with Crippen LogP contribution in [0.4, 0.5) is 11.4 Å². The number of rotatable bonds is 10. The summed E-state index contributed by atoms with van der Waals surface area (Å²) in [6, 6.07) is 18.8. The highest BCUT2D eigenvalue weighted by atomic mass is 32.2. The summed E-state index contributed by atoms with van der Waals surface area (Å²) in [4.78, 5) is 20.0. The van der Waals surface area contributed by atoms with Gasteiger partial charge in [-0.25, -0.2) is 25.8 Å². The quantitative estimate of drug-likeness (QED) is 0.240. The summed E-state index contributed by atoms with van der Waals surface area (Å²) in [6.07, 6.45) is 1.90. The Labute approximate surface area is 250 Å². The molecule has 13 heteroatoms. The average molecular weight is 622 g/mol. The molecule has 0 spiro atoms. The highest BCUT2D eigenvalue weighted by Crippen LogP contribution is 2.32. The first kappa shape index (κ1) is 30.0. The summed E-state index contributed by atoms with van der Waals surface area (Å²) in [7, 11) is -0.991. The predicted octanol–water partition coefficient (Wildman–Crippen LogP) is 3.53. The summed E-state index contributed by atoms with van der Waals surface area (Å²) in [5, 5.41) is 12.3. The lowest BCUT2D eigenvalue weighted by Crippen LogP contribution is -2.42. The Morgan fingerprint density at radius 1 is 0.791 bits per heavy atom. The minimum Gasteiger partial charge on any atom is -0.480 e. The lowest BCUT2D eigenvalue weighted by molar-refractivity contribution is -0.138. The second-order valence-corrected chi connectivity index (χ2v) is 14.0. The summed E-state index contributed by atoms with van der Waals surface area (Å²) < 4.78 is 57.4. The molecule has 5 rings (SSSR count). The van der Waals surface area contributed by atoms with Gasteiger partial charge < -0.3 is 14.9 Å². The zero-order valence-electron chi connectivity index (χ0n) is 24.0. The molecule has 0 aliphatic heterocycles. The van der Waals surface area contributed by atoms with Gasteiger partial charge in [-0.05, 0) is 24.3 Å². The van der Waals surface area contributed by atoms with Crippen molar-refractivity contribution in [2.24, 2.45) is 0 Å². The van der Waals surface area contributed by atoms with Gasteiger partial charge in [0.15, 0.2) is 0 Å². The topological polar surface area (TPSA) is 142 Å². The number of carboxylic acids is 1. The van der Waals surface area contributed by atoms with Gasteiger partial charge in [-0.3, -0.25) is 4.79 Å². The van der Waals surface area contributed by atoms with Crippen LogP contribution >= 0.6 is 0 Å². The van der Waals surface area contributed by atoms with Crippen molar-refractivity contribution in [3.05, 3.63) is 91.0 Å². The van der Waals surface area contributed by atoms with E-state index in [2.05, 4.69) is 9.71 Å². The second-order valence-electron chi connectivity index (χ2n) is 10.5. The van der Waals surface area contributed by atoms with E-state index in [4.69, 9.17) is 0 Å².